The van der Waals surface area contributed by atoms with E-state index < -0.39 is 0 Å². The zero-order valence-electron chi connectivity index (χ0n) is 7.44. The third-order valence-corrected chi connectivity index (χ3v) is 0.442. The molecule has 0 unspecified atom stereocenters. The topological polar surface area (TPSA) is 15.8 Å². The first-order valence-electron chi connectivity index (χ1n) is 1.49. The summed E-state index contributed by atoms with van der Waals surface area (Å²) in [5, 5.41) is 0. The van der Waals surface area contributed by atoms with Crippen LogP contribution >= 0.6 is 0 Å². The van der Waals surface area contributed by atoms with Crippen molar-refractivity contribution in [3.05, 3.63) is 54.2 Å². The summed E-state index contributed by atoms with van der Waals surface area (Å²) in [7, 11) is 0. The van der Waals surface area contributed by atoms with E-state index in [-0.39, 0.29) is 68.7 Å². The van der Waals surface area contributed by atoms with E-state index in [1.54, 1.807) is 0 Å². The van der Waals surface area contributed by atoms with Gasteiger partial charge in [0.15, 0.2) is 0 Å². The van der Waals surface area contributed by atoms with Crippen LogP contribution in [-0.2, 0) is 39.0 Å². The molecule has 1 heterocycles. The molecule has 1 aromatic rings. The third-order valence-electron chi connectivity index (χ3n) is 0.442. The summed E-state index contributed by atoms with van der Waals surface area (Å²) in [6.45, 7) is 0. The van der Waals surface area contributed by atoms with Gasteiger partial charge in [0, 0.05) is 19.5 Å². The van der Waals surface area contributed by atoms with Gasteiger partial charge in [-0.1, -0.05) is 0 Å². The molecule has 0 aromatic carbocycles. The Morgan fingerprint density at radius 3 is 1.55 bits per heavy atom. The maximum atomic E-state index is 2.74. The number of hydrogen-bond donors (Lipinski definition) is 1. The number of aromatic amines is 1. The molecular formula is C8H16NRu2. The molecule has 0 spiro atoms. The molecule has 1 N–H and O–H groups in total. The molecule has 0 atom stereocenters. The van der Waals surface area contributed by atoms with Gasteiger partial charge in [-0.3, -0.25) is 0 Å². The van der Waals surface area contributed by atoms with Crippen molar-refractivity contribution in [2.24, 2.45) is 0 Å². The van der Waals surface area contributed by atoms with E-state index in [1.807, 2.05) is 18.3 Å². The number of aromatic nitrogens is 1. The van der Waals surface area contributed by atoms with Crippen LogP contribution in [0.4, 0.5) is 0 Å². The zero-order valence-corrected chi connectivity index (χ0v) is 10.9. The summed E-state index contributed by atoms with van der Waals surface area (Å²) in [5.41, 5.74) is 0. The van der Waals surface area contributed by atoms with Crippen LogP contribution in [0.1, 0.15) is 0 Å². The maximum Gasteiger partial charge on any atom is 5.00 e. The Kier molecular flexibility index (Phi) is 119. The molecule has 11 heavy (non-hydrogen) atoms. The third kappa shape index (κ3) is 25.1. The number of nitrogens with one attached hydrogen (secondary N) is 1. The van der Waals surface area contributed by atoms with Crippen molar-refractivity contribution in [2.45, 2.75) is 0 Å². The fraction of sp³-hybridized carbons (Fsp3) is 0. The van der Waals surface area contributed by atoms with Gasteiger partial charge in [-0.15, -0.1) is 6.20 Å². The van der Waals surface area contributed by atoms with Gasteiger partial charge in [0.25, 0.3) is 0 Å². The average molecular weight is 328 g/mol. The molecule has 1 nitrogen and oxygen atoms in total. The predicted octanol–water partition coefficient (Wildman–Crippen LogP) is 2.61. The van der Waals surface area contributed by atoms with Crippen molar-refractivity contribution in [3.63, 3.8) is 0 Å². The van der Waals surface area contributed by atoms with E-state index in [0.717, 1.165) is 0 Å². The number of H-pyrrole nitrogens is 1. The molecule has 0 bridgehead atoms. The molecule has 0 aliphatic rings. The largest absolute Gasteiger partial charge is 5.00 e. The van der Waals surface area contributed by atoms with Crippen molar-refractivity contribution in [3.8, 4) is 0 Å². The molecule has 69 valence electrons. The van der Waals surface area contributed by atoms with E-state index in [2.05, 4.69) is 11.2 Å². The average Bonchev–Trinajstić information content (AvgIpc) is 1.76. The first kappa shape index (κ1) is 41.8. The minimum Gasteiger partial charge on any atom is -0.484 e. The zero-order chi connectivity index (χ0) is 3.54. The second-order valence-electron chi connectivity index (χ2n) is 0.814. The van der Waals surface area contributed by atoms with Crippen LogP contribution in [0, 0.1) is 35.9 Å². The molecular weight excluding hydrogens is 312 g/mol. The quantitative estimate of drug-likeness (QED) is 0.557. The summed E-state index contributed by atoms with van der Waals surface area (Å²) in [6, 6.07) is 3.71. The first-order valence-corrected chi connectivity index (χ1v) is 1.49. The summed E-state index contributed by atoms with van der Waals surface area (Å²) in [6.07, 6.45) is 4.56. The Labute approximate surface area is 97.9 Å². The van der Waals surface area contributed by atoms with Crippen molar-refractivity contribution in [2.75, 3.05) is 0 Å². The van der Waals surface area contributed by atoms with Gasteiger partial charge < -0.3 is 34.7 Å². The number of hydrogen-bond acceptors (Lipinski definition) is 0. The molecule has 0 aliphatic carbocycles. The van der Waals surface area contributed by atoms with Crippen molar-refractivity contribution < 1.29 is 39.0 Å². The van der Waals surface area contributed by atoms with Gasteiger partial charge in [-0.2, -0.15) is 18.3 Å². The molecule has 3 heteroatoms. The smallest absolute Gasteiger partial charge is 0.484 e. The van der Waals surface area contributed by atoms with Crippen molar-refractivity contribution in [1.29, 1.82) is 0 Å². The van der Waals surface area contributed by atoms with Crippen LogP contribution in [0.25, 0.3) is 0 Å². The van der Waals surface area contributed by atoms with E-state index in [4.69, 9.17) is 0 Å². The Morgan fingerprint density at radius 2 is 1.45 bits per heavy atom. The van der Waals surface area contributed by atoms with Gasteiger partial charge in [0.05, 0.1) is 0 Å². The van der Waals surface area contributed by atoms with Crippen LogP contribution in [0.15, 0.2) is 18.3 Å². The van der Waals surface area contributed by atoms with Gasteiger partial charge >= 0.3 is 19.5 Å². The Balaban J connectivity index is -0.0000000104. The van der Waals surface area contributed by atoms with Gasteiger partial charge in [0.2, 0.25) is 0 Å². The van der Waals surface area contributed by atoms with Crippen molar-refractivity contribution >= 4 is 0 Å². The Morgan fingerprint density at radius 1 is 1.00 bits per heavy atom. The van der Waals surface area contributed by atoms with Crippen LogP contribution in [0.2, 0.25) is 0 Å². The van der Waals surface area contributed by atoms with Gasteiger partial charge in [0.1, 0.15) is 0 Å². The van der Waals surface area contributed by atoms with Crippen LogP contribution < -0.4 is 0 Å². The number of rotatable bonds is 0. The molecule has 0 saturated carbocycles. The van der Waals surface area contributed by atoms with Crippen LogP contribution in [-0.4, -0.2) is 4.98 Å². The summed E-state index contributed by atoms with van der Waals surface area (Å²) in [4.78, 5) is 2.74. The normalized spacial score (nSPS) is 3.64. The minimum absolute atomic E-state index is 0. The SMILES string of the molecule is [CH3-].[CH3-].[CH3-].[CH3-].[Ru+5].[Ru].[c-]1ccc[nH]1. The summed E-state index contributed by atoms with van der Waals surface area (Å²) < 4.78 is 0. The van der Waals surface area contributed by atoms with E-state index >= 15 is 0 Å². The molecule has 0 fully saturated rings. The Hall–Kier alpha value is 0.527. The fourth-order valence-electron chi connectivity index (χ4n) is 0.241. The maximum absolute atomic E-state index is 2.74. The van der Waals surface area contributed by atoms with Crippen molar-refractivity contribution in [1.82, 2.24) is 4.98 Å². The van der Waals surface area contributed by atoms with Gasteiger partial charge in [-0.25, -0.2) is 0 Å². The van der Waals surface area contributed by atoms with Crippen LogP contribution in [0.3, 0.4) is 0 Å². The fourth-order valence-corrected chi connectivity index (χ4v) is 0.241. The van der Waals surface area contributed by atoms with E-state index in [9.17, 15) is 0 Å². The molecule has 0 amide bonds. The molecule has 1 radical (unpaired) electrons. The predicted molar refractivity (Wildman–Crippen MR) is 45.3 cm³/mol. The first-order chi connectivity index (χ1) is 2.50. The molecule has 0 saturated heterocycles. The molecule has 1 rings (SSSR count). The van der Waals surface area contributed by atoms with Gasteiger partial charge in [-0.05, 0) is 0 Å². The monoisotopic (exact) mass is 330 g/mol. The molecule has 0 aliphatic heterocycles. The standard InChI is InChI=1S/C4H4N.4CH3.2Ru/c1-2-4-5-3-1;;;;;;/h1-3,5H;4*1H3;;/q5*-1;;+5. The van der Waals surface area contributed by atoms with Crippen LogP contribution in [0.5, 0.6) is 0 Å². The second kappa shape index (κ2) is 31.3. The minimum atomic E-state index is 0. The van der Waals surface area contributed by atoms with E-state index in [1.165, 1.54) is 0 Å². The summed E-state index contributed by atoms with van der Waals surface area (Å²) in [5.74, 6) is 0. The Bertz CT molecular complexity index is 68.6. The molecule has 1 aromatic heterocycles. The van der Waals surface area contributed by atoms with E-state index in [0.29, 0.717) is 0 Å². The summed E-state index contributed by atoms with van der Waals surface area (Å²) >= 11 is 0. The second-order valence-corrected chi connectivity index (χ2v) is 0.814.